The first-order valence-corrected chi connectivity index (χ1v) is 7.92. The van der Waals surface area contributed by atoms with Gasteiger partial charge >= 0.3 is 0 Å². The Morgan fingerprint density at radius 3 is 2.62 bits per heavy atom. The van der Waals surface area contributed by atoms with E-state index in [0.29, 0.717) is 21.5 Å². The summed E-state index contributed by atoms with van der Waals surface area (Å²) >= 11 is 13.6. The zero-order valence-corrected chi connectivity index (χ0v) is 13.2. The third kappa shape index (κ3) is 3.05. The molecule has 0 saturated heterocycles. The van der Waals surface area contributed by atoms with Gasteiger partial charge in [0.2, 0.25) is 0 Å². The maximum absolute atomic E-state index is 12.3. The fourth-order valence-electron chi connectivity index (χ4n) is 2.04. The van der Waals surface area contributed by atoms with E-state index in [1.54, 1.807) is 6.07 Å². The Bertz CT molecular complexity index is 799. The first-order chi connectivity index (χ1) is 10.1. The maximum Gasteiger partial charge on any atom is 0.263 e. The second-order valence-corrected chi connectivity index (χ2v) is 6.42. The van der Waals surface area contributed by atoms with Gasteiger partial charge in [-0.3, -0.25) is 4.79 Å². The summed E-state index contributed by atoms with van der Waals surface area (Å²) in [6.07, 6.45) is 0. The molecule has 5 heteroatoms. The molecule has 0 fully saturated rings. The van der Waals surface area contributed by atoms with Crippen molar-refractivity contribution in [2.24, 2.45) is 0 Å². The van der Waals surface area contributed by atoms with Crippen LogP contribution in [0.5, 0.6) is 0 Å². The van der Waals surface area contributed by atoms with Crippen LogP contribution in [-0.4, -0.2) is 5.91 Å². The van der Waals surface area contributed by atoms with Gasteiger partial charge in [0, 0.05) is 21.7 Å². The third-order valence-corrected chi connectivity index (χ3v) is 4.98. The summed E-state index contributed by atoms with van der Waals surface area (Å²) in [5, 5.41) is 4.86. The summed E-state index contributed by atoms with van der Waals surface area (Å²) < 4.78 is 0.914. The van der Waals surface area contributed by atoms with Crippen molar-refractivity contribution >= 4 is 50.5 Å². The van der Waals surface area contributed by atoms with Gasteiger partial charge in [0.25, 0.3) is 5.91 Å². The highest BCUT2D eigenvalue weighted by Crippen LogP contribution is 2.36. The number of amides is 1. The minimum Gasteiger partial charge on any atom is -0.347 e. The average Bonchev–Trinajstić information content (AvgIpc) is 2.82. The molecule has 21 heavy (non-hydrogen) atoms. The Kier molecular flexibility index (Phi) is 4.15. The van der Waals surface area contributed by atoms with Gasteiger partial charge in [0.15, 0.2) is 0 Å². The molecule has 2 aromatic carbocycles. The van der Waals surface area contributed by atoms with Gasteiger partial charge < -0.3 is 5.32 Å². The normalized spacial score (nSPS) is 10.8. The van der Waals surface area contributed by atoms with E-state index in [4.69, 9.17) is 23.2 Å². The summed E-state index contributed by atoms with van der Waals surface area (Å²) in [7, 11) is 0. The number of halogens is 2. The molecule has 3 aromatic rings. The second-order valence-electron chi connectivity index (χ2n) is 4.55. The summed E-state index contributed by atoms with van der Waals surface area (Å²) in [6.45, 7) is 0.477. The van der Waals surface area contributed by atoms with Crippen LogP contribution < -0.4 is 5.32 Å². The van der Waals surface area contributed by atoms with Crippen LogP contribution in [0, 0.1) is 0 Å². The van der Waals surface area contributed by atoms with E-state index in [-0.39, 0.29) is 5.91 Å². The molecule has 0 aliphatic carbocycles. The van der Waals surface area contributed by atoms with Gasteiger partial charge in [0.1, 0.15) is 4.88 Å². The lowest BCUT2D eigenvalue weighted by Gasteiger charge is -2.03. The molecule has 0 radical (unpaired) electrons. The Hall–Kier alpha value is -1.55. The van der Waals surface area contributed by atoms with Crippen LogP contribution in [0.1, 0.15) is 15.2 Å². The molecule has 0 aliphatic heterocycles. The molecule has 106 valence electrons. The summed E-state index contributed by atoms with van der Waals surface area (Å²) in [6, 6.07) is 15.2. The highest BCUT2D eigenvalue weighted by molar-refractivity contribution is 7.21. The van der Waals surface area contributed by atoms with Gasteiger partial charge in [-0.2, -0.15) is 0 Å². The number of rotatable bonds is 3. The zero-order chi connectivity index (χ0) is 14.8. The van der Waals surface area contributed by atoms with E-state index >= 15 is 0 Å². The number of hydrogen-bond acceptors (Lipinski definition) is 2. The fraction of sp³-hybridized carbons (Fsp3) is 0.0625. The lowest BCUT2D eigenvalue weighted by Crippen LogP contribution is -2.21. The number of hydrogen-bond donors (Lipinski definition) is 1. The van der Waals surface area contributed by atoms with E-state index < -0.39 is 0 Å². The lowest BCUT2D eigenvalue weighted by molar-refractivity contribution is 0.0955. The molecule has 1 aromatic heterocycles. The molecule has 2 nitrogen and oxygen atoms in total. The van der Waals surface area contributed by atoms with Crippen molar-refractivity contribution in [1.82, 2.24) is 5.32 Å². The predicted octanol–water partition coefficient (Wildman–Crippen LogP) is 5.14. The number of fused-ring (bicyclic) bond motifs is 1. The molecule has 1 N–H and O–H groups in total. The smallest absolute Gasteiger partial charge is 0.263 e. The van der Waals surface area contributed by atoms with Crippen molar-refractivity contribution < 1.29 is 4.79 Å². The van der Waals surface area contributed by atoms with E-state index in [1.165, 1.54) is 11.3 Å². The third-order valence-electron chi connectivity index (χ3n) is 3.09. The van der Waals surface area contributed by atoms with Crippen LogP contribution in [0.3, 0.4) is 0 Å². The summed E-state index contributed by atoms with van der Waals surface area (Å²) in [5.41, 5.74) is 1.05. The van der Waals surface area contributed by atoms with Gasteiger partial charge in [0.05, 0.1) is 5.02 Å². The van der Waals surface area contributed by atoms with Crippen LogP contribution in [0.4, 0.5) is 0 Å². The fourth-order valence-corrected chi connectivity index (χ4v) is 3.75. The number of carbonyl (C=O) groups is 1. The van der Waals surface area contributed by atoms with Gasteiger partial charge in [-0.1, -0.05) is 59.6 Å². The van der Waals surface area contributed by atoms with Crippen LogP contribution >= 0.6 is 34.5 Å². The van der Waals surface area contributed by atoms with Gasteiger partial charge in [-0.25, -0.2) is 0 Å². The van der Waals surface area contributed by atoms with Crippen molar-refractivity contribution in [3.05, 3.63) is 69.0 Å². The monoisotopic (exact) mass is 335 g/mol. The number of benzene rings is 2. The van der Waals surface area contributed by atoms with E-state index in [0.717, 1.165) is 15.6 Å². The summed E-state index contributed by atoms with van der Waals surface area (Å²) in [5.74, 6) is -0.166. The molecule has 0 unspecified atom stereocenters. The van der Waals surface area contributed by atoms with Crippen LogP contribution in [0.2, 0.25) is 10.0 Å². The minimum absolute atomic E-state index is 0.166. The SMILES string of the molecule is O=C(NCc1ccccc1)c1sc2cc(Cl)ccc2c1Cl. The first kappa shape index (κ1) is 14.4. The molecule has 3 rings (SSSR count). The summed E-state index contributed by atoms with van der Waals surface area (Å²) in [4.78, 5) is 12.8. The Morgan fingerprint density at radius 2 is 1.86 bits per heavy atom. The van der Waals surface area contributed by atoms with E-state index in [1.807, 2.05) is 42.5 Å². The van der Waals surface area contributed by atoms with E-state index in [9.17, 15) is 4.79 Å². The van der Waals surface area contributed by atoms with Crippen molar-refractivity contribution in [3.63, 3.8) is 0 Å². The second kappa shape index (κ2) is 6.06. The van der Waals surface area contributed by atoms with Crippen LogP contribution in [-0.2, 0) is 6.54 Å². The topological polar surface area (TPSA) is 29.1 Å². The number of nitrogens with one attached hydrogen (secondary N) is 1. The highest BCUT2D eigenvalue weighted by Gasteiger charge is 2.17. The number of carbonyl (C=O) groups excluding carboxylic acids is 1. The van der Waals surface area contributed by atoms with Gasteiger partial charge in [-0.05, 0) is 17.7 Å². The van der Waals surface area contributed by atoms with Crippen molar-refractivity contribution in [2.75, 3.05) is 0 Å². The van der Waals surface area contributed by atoms with Crippen molar-refractivity contribution in [3.8, 4) is 0 Å². The highest BCUT2D eigenvalue weighted by atomic mass is 35.5. The largest absolute Gasteiger partial charge is 0.347 e. The molecule has 0 atom stereocenters. The molecular weight excluding hydrogens is 325 g/mol. The van der Waals surface area contributed by atoms with Crippen molar-refractivity contribution in [1.29, 1.82) is 0 Å². The van der Waals surface area contributed by atoms with E-state index in [2.05, 4.69) is 5.32 Å². The van der Waals surface area contributed by atoms with Crippen molar-refractivity contribution in [2.45, 2.75) is 6.54 Å². The lowest BCUT2D eigenvalue weighted by atomic mass is 10.2. The van der Waals surface area contributed by atoms with Gasteiger partial charge in [-0.15, -0.1) is 11.3 Å². The number of thiophene rings is 1. The molecule has 1 amide bonds. The van der Waals surface area contributed by atoms with Crippen LogP contribution in [0.15, 0.2) is 48.5 Å². The molecule has 1 heterocycles. The maximum atomic E-state index is 12.3. The van der Waals surface area contributed by atoms with Crippen LogP contribution in [0.25, 0.3) is 10.1 Å². The Morgan fingerprint density at radius 1 is 1.10 bits per heavy atom. The standard InChI is InChI=1S/C16H11Cl2NOS/c17-11-6-7-12-13(8-11)21-15(14(12)18)16(20)19-9-10-4-2-1-3-5-10/h1-8H,9H2,(H,19,20). The molecular formula is C16H11Cl2NOS. The predicted molar refractivity (Wildman–Crippen MR) is 89.5 cm³/mol. The molecule has 0 aliphatic rings. The Balaban J connectivity index is 1.83. The quantitative estimate of drug-likeness (QED) is 0.705. The molecule has 0 spiro atoms. The average molecular weight is 336 g/mol. The Labute approximate surface area is 136 Å². The molecule has 0 bridgehead atoms. The minimum atomic E-state index is -0.166. The first-order valence-electron chi connectivity index (χ1n) is 6.35. The molecule has 0 saturated carbocycles. The zero-order valence-electron chi connectivity index (χ0n) is 10.9.